The van der Waals surface area contributed by atoms with E-state index in [-0.39, 0.29) is 10.6 Å². The normalized spacial score (nSPS) is 10.6. The Hall–Kier alpha value is -1.79. The number of hydrogen-bond donors (Lipinski definition) is 1. The van der Waals surface area contributed by atoms with Gasteiger partial charge in [-0.05, 0) is 25.5 Å². The Morgan fingerprint density at radius 1 is 1.37 bits per heavy atom. The van der Waals surface area contributed by atoms with Crippen LogP contribution in [0.4, 0.5) is 5.69 Å². The van der Waals surface area contributed by atoms with E-state index >= 15 is 0 Å². The molecular formula is C13H15N3O2S. The van der Waals surface area contributed by atoms with Crippen LogP contribution in [0.3, 0.4) is 0 Å². The van der Waals surface area contributed by atoms with Crippen molar-refractivity contribution >= 4 is 17.0 Å². The summed E-state index contributed by atoms with van der Waals surface area (Å²) < 4.78 is 0. The van der Waals surface area contributed by atoms with Crippen molar-refractivity contribution in [2.24, 2.45) is 0 Å². The van der Waals surface area contributed by atoms with Gasteiger partial charge < -0.3 is 5.32 Å². The first kappa shape index (κ1) is 13.6. The van der Waals surface area contributed by atoms with Crippen LogP contribution < -0.4 is 5.32 Å². The van der Waals surface area contributed by atoms with E-state index in [1.165, 1.54) is 0 Å². The lowest BCUT2D eigenvalue weighted by atomic mass is 10.1. The number of nitro benzene ring substituents is 1. The fraction of sp³-hybridized carbons (Fsp3) is 0.308. The Bertz CT molecular complexity index is 551. The van der Waals surface area contributed by atoms with E-state index in [0.29, 0.717) is 0 Å². The number of hydrogen-bond acceptors (Lipinski definition) is 5. The summed E-state index contributed by atoms with van der Waals surface area (Å²) in [4.78, 5) is 14.5. The van der Waals surface area contributed by atoms with E-state index in [1.807, 2.05) is 12.3 Å². The predicted molar refractivity (Wildman–Crippen MR) is 75.4 cm³/mol. The number of rotatable bonds is 6. The second kappa shape index (κ2) is 6.40. The average Bonchev–Trinajstić information content (AvgIpc) is 2.81. The van der Waals surface area contributed by atoms with Gasteiger partial charge in [-0.3, -0.25) is 10.1 Å². The summed E-state index contributed by atoms with van der Waals surface area (Å²) in [6.07, 6.45) is 0.850. The van der Waals surface area contributed by atoms with Crippen molar-refractivity contribution in [2.75, 3.05) is 6.54 Å². The van der Waals surface area contributed by atoms with Gasteiger partial charge >= 0.3 is 0 Å². The van der Waals surface area contributed by atoms with Crippen LogP contribution in [-0.4, -0.2) is 16.5 Å². The van der Waals surface area contributed by atoms with Crippen LogP contribution >= 0.6 is 11.3 Å². The maximum absolute atomic E-state index is 10.5. The smallest absolute Gasteiger partial charge is 0.269 e. The molecule has 6 heteroatoms. The van der Waals surface area contributed by atoms with Crippen molar-refractivity contribution in [3.63, 3.8) is 0 Å². The van der Waals surface area contributed by atoms with Gasteiger partial charge in [-0.25, -0.2) is 4.98 Å². The van der Waals surface area contributed by atoms with Crippen LogP contribution in [0.15, 0.2) is 29.6 Å². The van der Waals surface area contributed by atoms with Crippen LogP contribution in [0.1, 0.15) is 16.3 Å². The van der Waals surface area contributed by atoms with Crippen molar-refractivity contribution in [2.45, 2.75) is 19.9 Å². The third-order valence-corrected chi connectivity index (χ3v) is 3.65. The highest BCUT2D eigenvalue weighted by atomic mass is 32.1. The third kappa shape index (κ3) is 4.11. The maximum atomic E-state index is 10.5. The molecule has 0 radical (unpaired) electrons. The number of non-ortho nitro benzene ring substituents is 1. The summed E-state index contributed by atoms with van der Waals surface area (Å²) in [5.74, 6) is 0. The minimum atomic E-state index is -0.382. The van der Waals surface area contributed by atoms with Gasteiger partial charge in [0.25, 0.3) is 5.69 Å². The highest BCUT2D eigenvalue weighted by Crippen LogP contribution is 2.12. The highest BCUT2D eigenvalue weighted by Gasteiger charge is 2.03. The molecule has 0 saturated carbocycles. The van der Waals surface area contributed by atoms with Gasteiger partial charge in [-0.15, -0.1) is 11.3 Å². The zero-order valence-corrected chi connectivity index (χ0v) is 11.4. The van der Waals surface area contributed by atoms with Gasteiger partial charge in [0.1, 0.15) is 5.01 Å². The lowest BCUT2D eigenvalue weighted by Crippen LogP contribution is -2.16. The van der Waals surface area contributed by atoms with Gasteiger partial charge in [0, 0.05) is 29.8 Å². The molecule has 0 atom stereocenters. The van der Waals surface area contributed by atoms with Crippen LogP contribution in [0, 0.1) is 17.0 Å². The number of benzene rings is 1. The first-order valence-electron chi connectivity index (χ1n) is 6.00. The lowest BCUT2D eigenvalue weighted by molar-refractivity contribution is -0.384. The van der Waals surface area contributed by atoms with Gasteiger partial charge in [0.05, 0.1) is 4.92 Å². The number of nitrogens with zero attached hydrogens (tertiary/aromatic N) is 2. The van der Waals surface area contributed by atoms with Crippen molar-refractivity contribution in [1.29, 1.82) is 0 Å². The molecule has 1 N–H and O–H groups in total. The molecule has 0 spiro atoms. The van der Waals surface area contributed by atoms with E-state index in [0.717, 1.165) is 35.8 Å². The maximum Gasteiger partial charge on any atom is 0.269 e. The molecule has 2 rings (SSSR count). The van der Waals surface area contributed by atoms with Gasteiger partial charge in [0.15, 0.2) is 0 Å². The summed E-state index contributed by atoms with van der Waals surface area (Å²) in [5.41, 5.74) is 2.28. The molecule has 0 fully saturated rings. The Morgan fingerprint density at radius 2 is 2.11 bits per heavy atom. The number of nitrogens with one attached hydrogen (secondary N) is 1. The second-order valence-corrected chi connectivity index (χ2v) is 5.18. The standard InChI is InChI=1S/C13H15N3O2S/c1-10-9-19-13(15-10)8-14-7-6-11-2-4-12(5-3-11)16(17)18/h2-5,9,14H,6-8H2,1H3. The zero-order chi connectivity index (χ0) is 13.7. The highest BCUT2D eigenvalue weighted by molar-refractivity contribution is 7.09. The van der Waals surface area contributed by atoms with Crippen molar-refractivity contribution in [1.82, 2.24) is 10.3 Å². The quantitative estimate of drug-likeness (QED) is 0.501. The molecule has 0 aliphatic rings. The minimum Gasteiger partial charge on any atom is -0.310 e. The molecule has 1 heterocycles. The average molecular weight is 277 g/mol. The summed E-state index contributed by atoms with van der Waals surface area (Å²) in [7, 11) is 0. The summed E-state index contributed by atoms with van der Waals surface area (Å²) >= 11 is 1.65. The summed E-state index contributed by atoms with van der Waals surface area (Å²) in [5, 5.41) is 17.0. The molecule has 1 aromatic carbocycles. The first-order valence-corrected chi connectivity index (χ1v) is 6.88. The molecule has 1 aromatic heterocycles. The van der Waals surface area contributed by atoms with Gasteiger partial charge in [-0.2, -0.15) is 0 Å². The largest absolute Gasteiger partial charge is 0.310 e. The Morgan fingerprint density at radius 3 is 2.68 bits per heavy atom. The van der Waals surface area contributed by atoms with Crippen molar-refractivity contribution in [3.05, 3.63) is 56.0 Å². The Kier molecular flexibility index (Phi) is 4.59. The first-order chi connectivity index (χ1) is 9.15. The van der Waals surface area contributed by atoms with Gasteiger partial charge in [0.2, 0.25) is 0 Å². The Labute approximate surface area is 115 Å². The number of nitro groups is 1. The van der Waals surface area contributed by atoms with Gasteiger partial charge in [-0.1, -0.05) is 12.1 Å². The molecular weight excluding hydrogens is 262 g/mol. The molecule has 2 aromatic rings. The predicted octanol–water partition coefficient (Wildman–Crippen LogP) is 2.69. The van der Waals surface area contributed by atoms with E-state index in [1.54, 1.807) is 35.6 Å². The fourth-order valence-electron chi connectivity index (χ4n) is 1.70. The number of thiazole rings is 1. The topological polar surface area (TPSA) is 68.1 Å². The molecule has 0 amide bonds. The van der Waals surface area contributed by atoms with E-state index in [4.69, 9.17) is 0 Å². The second-order valence-electron chi connectivity index (χ2n) is 4.23. The SMILES string of the molecule is Cc1csc(CNCCc2ccc([N+](=O)[O-])cc2)n1. The van der Waals surface area contributed by atoms with Crippen LogP contribution in [0.25, 0.3) is 0 Å². The van der Waals surface area contributed by atoms with E-state index in [9.17, 15) is 10.1 Å². The number of aryl methyl sites for hydroxylation is 1. The lowest BCUT2D eigenvalue weighted by Gasteiger charge is -2.03. The van der Waals surface area contributed by atoms with E-state index < -0.39 is 0 Å². The van der Waals surface area contributed by atoms with Crippen LogP contribution in [0.5, 0.6) is 0 Å². The number of aromatic nitrogens is 1. The van der Waals surface area contributed by atoms with Crippen LogP contribution in [0.2, 0.25) is 0 Å². The minimum absolute atomic E-state index is 0.134. The molecule has 5 nitrogen and oxygen atoms in total. The fourth-order valence-corrected chi connectivity index (χ4v) is 2.44. The summed E-state index contributed by atoms with van der Waals surface area (Å²) in [6, 6.07) is 6.68. The molecule has 100 valence electrons. The van der Waals surface area contributed by atoms with Crippen LogP contribution in [-0.2, 0) is 13.0 Å². The van der Waals surface area contributed by atoms with Crippen molar-refractivity contribution in [3.8, 4) is 0 Å². The molecule has 0 bridgehead atoms. The van der Waals surface area contributed by atoms with Crippen molar-refractivity contribution < 1.29 is 4.92 Å². The molecule has 19 heavy (non-hydrogen) atoms. The molecule has 0 aliphatic carbocycles. The summed E-state index contributed by atoms with van der Waals surface area (Å²) in [6.45, 7) is 3.58. The molecule has 0 saturated heterocycles. The third-order valence-electron chi connectivity index (χ3n) is 2.68. The zero-order valence-electron chi connectivity index (χ0n) is 10.6. The monoisotopic (exact) mass is 277 g/mol. The molecule has 0 aliphatic heterocycles. The molecule has 0 unspecified atom stereocenters. The Balaban J connectivity index is 1.75. The van der Waals surface area contributed by atoms with E-state index in [2.05, 4.69) is 10.3 Å².